The number of carbonyl (C=O) groups excluding carboxylic acids is 1. The molecule has 21 heavy (non-hydrogen) atoms. The number of fused-ring (bicyclic) bond motifs is 1. The van der Waals surface area contributed by atoms with Crippen LogP contribution < -0.4 is 5.32 Å². The Balaban J connectivity index is 1.55. The first-order valence-corrected chi connectivity index (χ1v) is 8.61. The van der Waals surface area contributed by atoms with Crippen molar-refractivity contribution in [1.29, 1.82) is 0 Å². The standard InChI is InChI=1S/C17H30N2O2/c1-17(2,3)21-16(20)19-6-4-5-12(11-19)13-7-14-9-18-10-15(14)8-13/h12-15,18H,4-11H2,1-3H3. The molecule has 2 aliphatic heterocycles. The van der Waals surface area contributed by atoms with Gasteiger partial charge in [0.05, 0.1) is 0 Å². The zero-order valence-electron chi connectivity index (χ0n) is 13.7. The fraction of sp³-hybridized carbons (Fsp3) is 0.941. The van der Waals surface area contributed by atoms with Crippen molar-refractivity contribution < 1.29 is 9.53 Å². The smallest absolute Gasteiger partial charge is 0.410 e. The molecule has 2 heterocycles. The second-order valence-electron chi connectivity index (χ2n) is 8.24. The van der Waals surface area contributed by atoms with Gasteiger partial charge in [-0.15, -0.1) is 0 Å². The van der Waals surface area contributed by atoms with Crippen molar-refractivity contribution in [2.75, 3.05) is 26.2 Å². The van der Waals surface area contributed by atoms with Crippen LogP contribution in [0.15, 0.2) is 0 Å². The number of hydrogen-bond acceptors (Lipinski definition) is 3. The lowest BCUT2D eigenvalue weighted by Gasteiger charge is -2.36. The minimum absolute atomic E-state index is 0.118. The van der Waals surface area contributed by atoms with Gasteiger partial charge in [-0.2, -0.15) is 0 Å². The van der Waals surface area contributed by atoms with Crippen molar-refractivity contribution >= 4 is 6.09 Å². The summed E-state index contributed by atoms with van der Waals surface area (Å²) in [5, 5.41) is 3.52. The molecular weight excluding hydrogens is 264 g/mol. The Hall–Kier alpha value is -0.770. The molecule has 0 bridgehead atoms. The Bertz CT molecular complexity index is 379. The first-order chi connectivity index (χ1) is 9.92. The summed E-state index contributed by atoms with van der Waals surface area (Å²) in [7, 11) is 0. The van der Waals surface area contributed by atoms with Crippen LogP contribution in [-0.4, -0.2) is 42.8 Å². The quantitative estimate of drug-likeness (QED) is 0.808. The monoisotopic (exact) mass is 294 g/mol. The van der Waals surface area contributed by atoms with E-state index in [1.54, 1.807) is 0 Å². The first-order valence-electron chi connectivity index (χ1n) is 8.61. The Morgan fingerprint density at radius 1 is 1.10 bits per heavy atom. The van der Waals surface area contributed by atoms with Crippen LogP contribution in [0.2, 0.25) is 0 Å². The molecule has 1 aliphatic carbocycles. The zero-order valence-corrected chi connectivity index (χ0v) is 13.7. The van der Waals surface area contributed by atoms with Gasteiger partial charge >= 0.3 is 6.09 Å². The van der Waals surface area contributed by atoms with E-state index in [0.29, 0.717) is 5.92 Å². The van der Waals surface area contributed by atoms with E-state index in [4.69, 9.17) is 4.74 Å². The lowest BCUT2D eigenvalue weighted by Crippen LogP contribution is -2.44. The van der Waals surface area contributed by atoms with Gasteiger partial charge < -0.3 is 15.0 Å². The van der Waals surface area contributed by atoms with E-state index < -0.39 is 0 Å². The van der Waals surface area contributed by atoms with Crippen molar-refractivity contribution in [3.8, 4) is 0 Å². The van der Waals surface area contributed by atoms with E-state index in [-0.39, 0.29) is 11.7 Å². The van der Waals surface area contributed by atoms with Crippen molar-refractivity contribution in [3.05, 3.63) is 0 Å². The van der Waals surface area contributed by atoms with Gasteiger partial charge in [-0.25, -0.2) is 4.79 Å². The highest BCUT2D eigenvalue weighted by Gasteiger charge is 2.41. The molecule has 120 valence electrons. The molecule has 1 saturated carbocycles. The number of carbonyl (C=O) groups is 1. The largest absolute Gasteiger partial charge is 0.444 e. The third-order valence-electron chi connectivity index (χ3n) is 5.47. The molecule has 3 unspecified atom stereocenters. The molecule has 3 rings (SSSR count). The van der Waals surface area contributed by atoms with Crippen LogP contribution in [0.4, 0.5) is 4.79 Å². The maximum Gasteiger partial charge on any atom is 0.410 e. The van der Waals surface area contributed by atoms with Crippen LogP contribution in [0.3, 0.4) is 0 Å². The summed E-state index contributed by atoms with van der Waals surface area (Å²) in [4.78, 5) is 14.2. The molecular formula is C17H30N2O2. The van der Waals surface area contributed by atoms with Crippen LogP contribution in [0, 0.1) is 23.7 Å². The molecule has 2 saturated heterocycles. The van der Waals surface area contributed by atoms with Crippen molar-refractivity contribution in [1.82, 2.24) is 10.2 Å². The van der Waals surface area contributed by atoms with Crippen molar-refractivity contribution in [3.63, 3.8) is 0 Å². The van der Waals surface area contributed by atoms with Gasteiger partial charge in [0.15, 0.2) is 0 Å². The second-order valence-corrected chi connectivity index (χ2v) is 8.24. The Morgan fingerprint density at radius 2 is 1.76 bits per heavy atom. The van der Waals surface area contributed by atoms with Gasteiger partial charge in [0, 0.05) is 13.1 Å². The van der Waals surface area contributed by atoms with E-state index in [1.165, 1.54) is 32.4 Å². The van der Waals surface area contributed by atoms with E-state index in [9.17, 15) is 4.79 Å². The number of piperidine rings is 1. The summed E-state index contributed by atoms with van der Waals surface area (Å²) in [6.45, 7) is 10.0. The highest BCUT2D eigenvalue weighted by Crippen LogP contribution is 2.44. The van der Waals surface area contributed by atoms with Crippen LogP contribution in [0.25, 0.3) is 0 Å². The highest BCUT2D eigenvalue weighted by molar-refractivity contribution is 5.68. The summed E-state index contributed by atoms with van der Waals surface area (Å²) in [6, 6.07) is 0. The number of ether oxygens (including phenoxy) is 1. The SMILES string of the molecule is CC(C)(C)OC(=O)N1CCCC(C2CC3CNCC3C2)C1. The summed E-state index contributed by atoms with van der Waals surface area (Å²) >= 11 is 0. The number of rotatable bonds is 1. The number of amides is 1. The Labute approximate surface area is 128 Å². The van der Waals surface area contributed by atoms with E-state index in [0.717, 1.165) is 37.3 Å². The Morgan fingerprint density at radius 3 is 2.38 bits per heavy atom. The number of likely N-dealkylation sites (tertiary alicyclic amines) is 1. The maximum absolute atomic E-state index is 12.3. The molecule has 0 aromatic carbocycles. The molecule has 0 aromatic heterocycles. The van der Waals surface area contributed by atoms with Crippen LogP contribution in [0.5, 0.6) is 0 Å². The van der Waals surface area contributed by atoms with E-state index >= 15 is 0 Å². The third-order valence-corrected chi connectivity index (χ3v) is 5.47. The van der Waals surface area contributed by atoms with Gasteiger partial charge in [0.1, 0.15) is 5.60 Å². The third kappa shape index (κ3) is 3.53. The Kier molecular flexibility index (Phi) is 4.17. The molecule has 3 atom stereocenters. The van der Waals surface area contributed by atoms with Crippen molar-refractivity contribution in [2.24, 2.45) is 23.7 Å². The maximum atomic E-state index is 12.3. The van der Waals surface area contributed by atoms with Crippen LogP contribution >= 0.6 is 0 Å². The zero-order chi connectivity index (χ0) is 15.0. The van der Waals surface area contributed by atoms with Gasteiger partial charge in [-0.3, -0.25) is 0 Å². The number of hydrogen-bond donors (Lipinski definition) is 1. The van der Waals surface area contributed by atoms with Gasteiger partial charge in [0.25, 0.3) is 0 Å². The minimum Gasteiger partial charge on any atom is -0.444 e. The van der Waals surface area contributed by atoms with Crippen molar-refractivity contribution in [2.45, 2.75) is 52.1 Å². The molecule has 3 fully saturated rings. The molecule has 1 amide bonds. The summed E-state index contributed by atoms with van der Waals surface area (Å²) in [5.41, 5.74) is -0.389. The first kappa shape index (κ1) is 15.1. The molecule has 4 nitrogen and oxygen atoms in total. The highest BCUT2D eigenvalue weighted by atomic mass is 16.6. The predicted octanol–water partition coefficient (Wildman–Crippen LogP) is 2.88. The van der Waals surface area contributed by atoms with Crippen LogP contribution in [-0.2, 0) is 4.74 Å². The molecule has 3 aliphatic rings. The van der Waals surface area contributed by atoms with Crippen LogP contribution in [0.1, 0.15) is 46.5 Å². The average Bonchev–Trinajstić information content (AvgIpc) is 2.97. The topological polar surface area (TPSA) is 41.6 Å². The molecule has 4 heteroatoms. The fourth-order valence-electron chi connectivity index (χ4n) is 4.48. The molecule has 1 N–H and O–H groups in total. The lowest BCUT2D eigenvalue weighted by atomic mass is 9.83. The van der Waals surface area contributed by atoms with Gasteiger partial charge in [0.2, 0.25) is 0 Å². The summed E-state index contributed by atoms with van der Waals surface area (Å²) < 4.78 is 5.54. The number of nitrogens with zero attached hydrogens (tertiary/aromatic N) is 1. The fourth-order valence-corrected chi connectivity index (χ4v) is 4.48. The van der Waals surface area contributed by atoms with Gasteiger partial charge in [-0.1, -0.05) is 0 Å². The molecule has 0 aromatic rings. The molecule has 0 spiro atoms. The molecule has 0 radical (unpaired) electrons. The lowest BCUT2D eigenvalue weighted by molar-refractivity contribution is 0.0129. The summed E-state index contributed by atoms with van der Waals surface area (Å²) in [6.07, 6.45) is 5.03. The minimum atomic E-state index is -0.389. The van der Waals surface area contributed by atoms with Gasteiger partial charge in [-0.05, 0) is 83.2 Å². The van der Waals surface area contributed by atoms with E-state index in [2.05, 4.69) is 5.32 Å². The number of nitrogens with one attached hydrogen (secondary N) is 1. The average molecular weight is 294 g/mol. The predicted molar refractivity (Wildman–Crippen MR) is 83.1 cm³/mol. The second kappa shape index (κ2) is 5.79. The summed E-state index contributed by atoms with van der Waals surface area (Å²) in [5.74, 6) is 3.31. The normalized spacial score (nSPS) is 36.6. The van der Waals surface area contributed by atoms with E-state index in [1.807, 2.05) is 25.7 Å².